The molecule has 2 amide bonds. The average Bonchev–Trinajstić information content (AvgIpc) is 3.43. The number of carbonyl (C=O) groups is 3. The predicted octanol–water partition coefficient (Wildman–Crippen LogP) is 4.71. The molecule has 1 unspecified atom stereocenters. The van der Waals surface area contributed by atoms with E-state index < -0.39 is 23.9 Å². The summed E-state index contributed by atoms with van der Waals surface area (Å²) >= 11 is 2.10. The van der Waals surface area contributed by atoms with Crippen LogP contribution >= 0.6 is 23.1 Å². The third-order valence-corrected chi connectivity index (χ3v) is 7.81. The van der Waals surface area contributed by atoms with Crippen molar-refractivity contribution in [2.75, 3.05) is 18.2 Å². The second-order valence-corrected chi connectivity index (χ2v) is 10.6. The van der Waals surface area contributed by atoms with Crippen molar-refractivity contribution in [1.29, 1.82) is 0 Å². The monoisotopic (exact) mass is 557 g/mol. The highest BCUT2D eigenvalue weighted by Crippen LogP contribution is 2.34. The Bertz CT molecular complexity index is 1330. The van der Waals surface area contributed by atoms with E-state index in [2.05, 4.69) is 35.9 Å². The van der Waals surface area contributed by atoms with Crippen molar-refractivity contribution in [2.45, 2.75) is 51.4 Å². The number of esters is 1. The third kappa shape index (κ3) is 6.62. The van der Waals surface area contributed by atoms with E-state index in [1.54, 1.807) is 13.0 Å². The molecule has 38 heavy (non-hydrogen) atoms. The lowest BCUT2D eigenvalue weighted by Crippen LogP contribution is -2.17. The van der Waals surface area contributed by atoms with Gasteiger partial charge in [0.1, 0.15) is 10.8 Å². The Hall–Kier alpha value is -3.64. The number of thiophene rings is 1. The van der Waals surface area contributed by atoms with Crippen molar-refractivity contribution in [1.82, 2.24) is 14.8 Å². The molecule has 1 atom stereocenters. The Morgan fingerprint density at radius 3 is 2.47 bits per heavy atom. The van der Waals surface area contributed by atoms with Crippen LogP contribution < -0.4 is 15.8 Å². The molecular weight excluding hydrogens is 526 g/mol. The molecule has 0 spiro atoms. The van der Waals surface area contributed by atoms with Crippen LogP contribution in [0, 0.1) is 6.92 Å². The zero-order valence-electron chi connectivity index (χ0n) is 21.9. The molecule has 0 saturated carbocycles. The number of aromatic nitrogens is 3. The van der Waals surface area contributed by atoms with E-state index in [0.717, 1.165) is 11.3 Å². The molecule has 3 aromatic rings. The maximum Gasteiger partial charge on any atom is 0.341 e. The predicted molar refractivity (Wildman–Crippen MR) is 148 cm³/mol. The van der Waals surface area contributed by atoms with Crippen LogP contribution in [0.3, 0.4) is 0 Å². The van der Waals surface area contributed by atoms with Gasteiger partial charge in [0.05, 0.1) is 23.3 Å². The number of allylic oxidation sites excluding steroid dienone is 1. The quantitative estimate of drug-likeness (QED) is 0.185. The van der Waals surface area contributed by atoms with E-state index in [9.17, 15) is 14.4 Å². The first-order valence-electron chi connectivity index (χ1n) is 11.8. The first kappa shape index (κ1) is 28.9. The topological polar surface area (TPSA) is 138 Å². The highest BCUT2D eigenvalue weighted by Gasteiger charge is 2.26. The van der Waals surface area contributed by atoms with Crippen LogP contribution in [-0.2, 0) is 16.1 Å². The Morgan fingerprint density at radius 1 is 1.21 bits per heavy atom. The van der Waals surface area contributed by atoms with Crippen LogP contribution in [0.25, 0.3) is 0 Å². The molecule has 0 saturated heterocycles. The largest absolute Gasteiger partial charge is 0.483 e. The Balaban J connectivity index is 1.72. The van der Waals surface area contributed by atoms with E-state index in [0.29, 0.717) is 34.8 Å². The lowest BCUT2D eigenvalue weighted by molar-refractivity contribution is -0.113. The van der Waals surface area contributed by atoms with Crippen LogP contribution in [-0.4, -0.2) is 45.4 Å². The number of primary amides is 1. The maximum absolute atomic E-state index is 12.8. The number of hydrogen-bond acceptors (Lipinski definition) is 9. The van der Waals surface area contributed by atoms with E-state index in [1.807, 2.05) is 35.8 Å². The normalized spacial score (nSPS) is 11.7. The van der Waals surface area contributed by atoms with Gasteiger partial charge in [-0.15, -0.1) is 28.1 Å². The zero-order valence-corrected chi connectivity index (χ0v) is 23.6. The number of carbonyl (C=O) groups excluding carboxylic acids is 3. The fourth-order valence-electron chi connectivity index (χ4n) is 3.67. The summed E-state index contributed by atoms with van der Waals surface area (Å²) in [5.41, 5.74) is 7.10. The molecule has 12 heteroatoms. The molecule has 10 nitrogen and oxygen atoms in total. The number of benzene rings is 1. The molecule has 2 aromatic heterocycles. The fourth-order valence-corrected chi connectivity index (χ4v) is 5.49. The number of nitrogens with one attached hydrogen (secondary N) is 1. The smallest absolute Gasteiger partial charge is 0.341 e. The van der Waals surface area contributed by atoms with Gasteiger partial charge >= 0.3 is 5.97 Å². The Kier molecular flexibility index (Phi) is 9.70. The van der Waals surface area contributed by atoms with Gasteiger partial charge < -0.3 is 20.5 Å². The lowest BCUT2D eigenvalue weighted by Gasteiger charge is -2.16. The minimum atomic E-state index is -0.690. The third-order valence-electron chi connectivity index (χ3n) is 5.63. The van der Waals surface area contributed by atoms with Crippen LogP contribution in [0.2, 0.25) is 0 Å². The number of thioether (sulfide) groups is 1. The van der Waals surface area contributed by atoms with Gasteiger partial charge in [0, 0.05) is 6.54 Å². The molecule has 0 bridgehead atoms. The molecule has 0 aliphatic carbocycles. The van der Waals surface area contributed by atoms with Crippen molar-refractivity contribution < 1.29 is 23.9 Å². The van der Waals surface area contributed by atoms with E-state index in [4.69, 9.17) is 15.2 Å². The molecule has 1 aromatic carbocycles. The van der Waals surface area contributed by atoms with Crippen LogP contribution in [0.1, 0.15) is 69.8 Å². The minimum absolute atomic E-state index is 0.0232. The summed E-state index contributed by atoms with van der Waals surface area (Å²) in [7, 11) is 1.22. The minimum Gasteiger partial charge on any atom is -0.483 e. The van der Waals surface area contributed by atoms with Gasteiger partial charge in [0.2, 0.25) is 5.91 Å². The van der Waals surface area contributed by atoms with Gasteiger partial charge in [-0.2, -0.15) is 0 Å². The number of methoxy groups -OCH3 is 1. The average molecular weight is 558 g/mol. The SMILES string of the molecule is C=CCn1c(SCC(=O)Nc2sc(C(N)=O)c(C)c2C(=O)OC)nnc1C(C)Oc1ccc(C(C)C)cc1. The fraction of sp³-hybridized carbons (Fsp3) is 0.346. The number of rotatable bonds is 12. The standard InChI is InChI=1S/C26H31N5O5S2/c1-7-12-31-23(16(5)36-18-10-8-17(9-11-18)14(2)3)29-30-26(31)37-13-19(32)28-24-20(25(34)35-6)15(4)21(38-24)22(27)33/h7-11,14,16H,1,12-13H2,2-6H3,(H2,27,33)(H,28,32). The number of nitrogens with two attached hydrogens (primary N) is 1. The molecule has 3 N–H and O–H groups in total. The van der Waals surface area contributed by atoms with Crippen LogP contribution in [0.4, 0.5) is 5.00 Å². The summed E-state index contributed by atoms with van der Waals surface area (Å²) in [6.45, 7) is 12.0. The molecule has 3 rings (SSSR count). The second-order valence-electron chi connectivity index (χ2n) is 8.68. The maximum atomic E-state index is 12.8. The number of hydrogen-bond donors (Lipinski definition) is 2. The summed E-state index contributed by atoms with van der Waals surface area (Å²) in [6, 6.07) is 7.93. The van der Waals surface area contributed by atoms with E-state index in [1.165, 1.54) is 24.4 Å². The first-order chi connectivity index (χ1) is 18.1. The van der Waals surface area contributed by atoms with Crippen molar-refractivity contribution in [3.8, 4) is 5.75 Å². The van der Waals surface area contributed by atoms with Crippen LogP contribution in [0.5, 0.6) is 5.75 Å². The van der Waals surface area contributed by atoms with Gasteiger partial charge in [-0.05, 0) is 43.0 Å². The van der Waals surface area contributed by atoms with Crippen molar-refractivity contribution in [3.63, 3.8) is 0 Å². The summed E-state index contributed by atoms with van der Waals surface area (Å²) in [4.78, 5) is 36.9. The van der Waals surface area contributed by atoms with Gasteiger partial charge in [0.15, 0.2) is 17.1 Å². The summed E-state index contributed by atoms with van der Waals surface area (Å²) in [5, 5.41) is 11.9. The number of nitrogens with zero attached hydrogens (tertiary/aromatic N) is 3. The van der Waals surface area contributed by atoms with Crippen molar-refractivity contribution in [2.24, 2.45) is 5.73 Å². The van der Waals surface area contributed by atoms with E-state index in [-0.39, 0.29) is 21.2 Å². The zero-order chi connectivity index (χ0) is 28.0. The Morgan fingerprint density at radius 2 is 1.89 bits per heavy atom. The highest BCUT2D eigenvalue weighted by atomic mass is 32.2. The number of anilines is 1. The highest BCUT2D eigenvalue weighted by molar-refractivity contribution is 7.99. The molecule has 0 radical (unpaired) electrons. The van der Waals surface area contributed by atoms with Gasteiger partial charge in [-0.1, -0.05) is 43.8 Å². The summed E-state index contributed by atoms with van der Waals surface area (Å²) in [6.07, 6.45) is 1.31. The first-order valence-corrected chi connectivity index (χ1v) is 13.6. The van der Waals surface area contributed by atoms with Gasteiger partial charge in [-0.25, -0.2) is 4.79 Å². The van der Waals surface area contributed by atoms with Crippen molar-refractivity contribution in [3.05, 3.63) is 64.3 Å². The summed E-state index contributed by atoms with van der Waals surface area (Å²) in [5.74, 6) is -0.0517. The summed E-state index contributed by atoms with van der Waals surface area (Å²) < 4.78 is 12.7. The van der Waals surface area contributed by atoms with Crippen LogP contribution in [0.15, 0.2) is 42.1 Å². The molecular formula is C26H31N5O5S2. The molecule has 0 aliphatic rings. The molecule has 2 heterocycles. The number of amides is 2. The molecule has 202 valence electrons. The van der Waals surface area contributed by atoms with Gasteiger partial charge in [-0.3, -0.25) is 14.2 Å². The lowest BCUT2D eigenvalue weighted by atomic mass is 10.0. The molecule has 0 aliphatic heterocycles. The Labute approximate surface area is 229 Å². The second kappa shape index (κ2) is 12.7. The number of ether oxygens (including phenoxy) is 2. The van der Waals surface area contributed by atoms with Gasteiger partial charge in [0.25, 0.3) is 5.91 Å². The van der Waals surface area contributed by atoms with E-state index >= 15 is 0 Å². The molecule has 0 fully saturated rings. The van der Waals surface area contributed by atoms with Crippen molar-refractivity contribution >= 4 is 45.9 Å².